The zero-order valence-corrected chi connectivity index (χ0v) is 9.88. The number of nitrogens with one attached hydrogen (secondary N) is 1. The fourth-order valence-electron chi connectivity index (χ4n) is 2.52. The minimum atomic E-state index is 0.483. The first-order valence-corrected chi connectivity index (χ1v) is 5.99. The van der Waals surface area contributed by atoms with Crippen LogP contribution in [-0.4, -0.2) is 25.8 Å². The molecule has 0 radical (unpaired) electrons. The summed E-state index contributed by atoms with van der Waals surface area (Å²) in [6.07, 6.45) is 7.11. The number of methoxy groups -OCH3 is 1. The molecule has 2 atom stereocenters. The molecule has 0 aromatic rings. The van der Waals surface area contributed by atoms with Crippen molar-refractivity contribution in [2.75, 3.05) is 13.7 Å². The zero-order valence-electron chi connectivity index (χ0n) is 9.88. The van der Waals surface area contributed by atoms with E-state index in [-0.39, 0.29) is 0 Å². The summed E-state index contributed by atoms with van der Waals surface area (Å²) >= 11 is 0. The lowest BCUT2D eigenvalue weighted by Crippen LogP contribution is -2.42. The van der Waals surface area contributed by atoms with E-state index in [1.165, 1.54) is 32.1 Å². The van der Waals surface area contributed by atoms with Crippen LogP contribution < -0.4 is 5.32 Å². The molecule has 1 aliphatic rings. The van der Waals surface area contributed by atoms with Crippen LogP contribution in [0.25, 0.3) is 0 Å². The number of ether oxygens (including phenoxy) is 1. The van der Waals surface area contributed by atoms with E-state index in [4.69, 9.17) is 4.74 Å². The number of hydrogen-bond donors (Lipinski definition) is 1. The lowest BCUT2D eigenvalue weighted by molar-refractivity contribution is 0.157. The van der Waals surface area contributed by atoms with Crippen LogP contribution in [0.1, 0.15) is 46.0 Å². The normalized spacial score (nSPS) is 23.4. The minimum absolute atomic E-state index is 0.483. The molecule has 0 aromatic heterocycles. The topological polar surface area (TPSA) is 21.3 Å². The largest absolute Gasteiger partial charge is 0.383 e. The molecular formula is C12H25NO. The van der Waals surface area contributed by atoms with Crippen LogP contribution >= 0.6 is 0 Å². The van der Waals surface area contributed by atoms with E-state index < -0.39 is 0 Å². The summed E-state index contributed by atoms with van der Waals surface area (Å²) in [5.74, 6) is 0.892. The quantitative estimate of drug-likeness (QED) is 0.735. The van der Waals surface area contributed by atoms with Crippen LogP contribution in [-0.2, 0) is 4.74 Å². The third-order valence-corrected chi connectivity index (χ3v) is 3.32. The molecule has 0 unspecified atom stereocenters. The first-order valence-electron chi connectivity index (χ1n) is 5.99. The first kappa shape index (κ1) is 12.0. The molecule has 1 fully saturated rings. The molecular weight excluding hydrogens is 174 g/mol. The van der Waals surface area contributed by atoms with E-state index in [9.17, 15) is 0 Å². The highest BCUT2D eigenvalue weighted by molar-refractivity contribution is 4.77. The average molecular weight is 199 g/mol. The Hall–Kier alpha value is -0.0800. The molecule has 1 rings (SSSR count). The van der Waals surface area contributed by atoms with Crippen LogP contribution in [0.3, 0.4) is 0 Å². The van der Waals surface area contributed by atoms with Crippen LogP contribution in [0, 0.1) is 5.92 Å². The maximum atomic E-state index is 5.13. The van der Waals surface area contributed by atoms with Gasteiger partial charge in [0.1, 0.15) is 0 Å². The summed E-state index contributed by atoms with van der Waals surface area (Å²) in [5, 5.41) is 3.63. The molecule has 1 saturated carbocycles. The molecule has 0 aliphatic heterocycles. The monoisotopic (exact) mass is 199 g/mol. The van der Waals surface area contributed by atoms with E-state index >= 15 is 0 Å². The second-order valence-electron chi connectivity index (χ2n) is 4.71. The highest BCUT2D eigenvalue weighted by Gasteiger charge is 2.20. The first-order chi connectivity index (χ1) is 6.74. The van der Waals surface area contributed by atoms with Gasteiger partial charge in [0.2, 0.25) is 0 Å². The Kier molecular flexibility index (Phi) is 5.49. The molecule has 2 heteroatoms. The van der Waals surface area contributed by atoms with Crippen molar-refractivity contribution in [3.8, 4) is 0 Å². The predicted octanol–water partition coefficient (Wildman–Crippen LogP) is 2.58. The standard InChI is InChI=1S/C12H25NO/c1-10(9-14-3)13-11(2)12-7-5-4-6-8-12/h10-13H,4-9H2,1-3H3/t10-,11+/m1/s1. The van der Waals surface area contributed by atoms with Crippen LogP contribution in [0.15, 0.2) is 0 Å². The maximum absolute atomic E-state index is 5.13. The SMILES string of the molecule is COC[C@@H](C)N[C@@H](C)C1CCCCC1. The Morgan fingerprint density at radius 2 is 1.86 bits per heavy atom. The minimum Gasteiger partial charge on any atom is -0.383 e. The summed E-state index contributed by atoms with van der Waals surface area (Å²) in [6, 6.07) is 1.14. The fourth-order valence-corrected chi connectivity index (χ4v) is 2.52. The Morgan fingerprint density at radius 3 is 2.43 bits per heavy atom. The van der Waals surface area contributed by atoms with Gasteiger partial charge in [-0.1, -0.05) is 19.3 Å². The maximum Gasteiger partial charge on any atom is 0.0613 e. The summed E-state index contributed by atoms with van der Waals surface area (Å²) < 4.78 is 5.13. The highest BCUT2D eigenvalue weighted by atomic mass is 16.5. The Morgan fingerprint density at radius 1 is 1.21 bits per heavy atom. The van der Waals surface area contributed by atoms with Gasteiger partial charge in [0, 0.05) is 19.2 Å². The van der Waals surface area contributed by atoms with E-state index in [0.717, 1.165) is 12.5 Å². The van der Waals surface area contributed by atoms with Gasteiger partial charge in [-0.05, 0) is 32.6 Å². The smallest absolute Gasteiger partial charge is 0.0613 e. The number of hydrogen-bond acceptors (Lipinski definition) is 2. The van der Waals surface area contributed by atoms with Gasteiger partial charge in [0.25, 0.3) is 0 Å². The van der Waals surface area contributed by atoms with Crippen molar-refractivity contribution >= 4 is 0 Å². The summed E-state index contributed by atoms with van der Waals surface area (Å²) in [4.78, 5) is 0. The molecule has 84 valence electrons. The van der Waals surface area contributed by atoms with Gasteiger partial charge in [0.05, 0.1) is 6.61 Å². The molecule has 14 heavy (non-hydrogen) atoms. The van der Waals surface area contributed by atoms with Gasteiger partial charge < -0.3 is 10.1 Å². The van der Waals surface area contributed by atoms with Crippen molar-refractivity contribution in [2.24, 2.45) is 5.92 Å². The van der Waals surface area contributed by atoms with Crippen molar-refractivity contribution in [3.63, 3.8) is 0 Å². The van der Waals surface area contributed by atoms with Gasteiger partial charge >= 0.3 is 0 Å². The molecule has 0 heterocycles. The van der Waals surface area contributed by atoms with Gasteiger partial charge in [0.15, 0.2) is 0 Å². The number of rotatable bonds is 5. The van der Waals surface area contributed by atoms with Gasteiger partial charge in [-0.3, -0.25) is 0 Å². The van der Waals surface area contributed by atoms with E-state index in [2.05, 4.69) is 19.2 Å². The molecule has 0 saturated heterocycles. The summed E-state index contributed by atoms with van der Waals surface area (Å²) in [7, 11) is 1.77. The van der Waals surface area contributed by atoms with Gasteiger partial charge in [-0.2, -0.15) is 0 Å². The third-order valence-electron chi connectivity index (χ3n) is 3.32. The lowest BCUT2D eigenvalue weighted by Gasteiger charge is -2.30. The highest BCUT2D eigenvalue weighted by Crippen LogP contribution is 2.26. The second-order valence-corrected chi connectivity index (χ2v) is 4.71. The molecule has 0 bridgehead atoms. The van der Waals surface area contributed by atoms with Crippen LogP contribution in [0.4, 0.5) is 0 Å². The molecule has 0 spiro atoms. The lowest BCUT2D eigenvalue weighted by atomic mass is 9.84. The van der Waals surface area contributed by atoms with Crippen molar-refractivity contribution in [2.45, 2.75) is 58.0 Å². The average Bonchev–Trinajstić information content (AvgIpc) is 2.19. The van der Waals surface area contributed by atoms with Gasteiger partial charge in [-0.15, -0.1) is 0 Å². The van der Waals surface area contributed by atoms with Crippen molar-refractivity contribution in [1.29, 1.82) is 0 Å². The summed E-state index contributed by atoms with van der Waals surface area (Å²) in [5.41, 5.74) is 0. The zero-order chi connectivity index (χ0) is 10.4. The van der Waals surface area contributed by atoms with E-state index in [1.54, 1.807) is 7.11 Å². The Bertz CT molecular complexity index is 143. The van der Waals surface area contributed by atoms with E-state index in [1.807, 2.05) is 0 Å². The predicted molar refractivity (Wildman–Crippen MR) is 60.5 cm³/mol. The fraction of sp³-hybridized carbons (Fsp3) is 1.00. The summed E-state index contributed by atoms with van der Waals surface area (Å²) in [6.45, 7) is 5.34. The molecule has 0 aromatic carbocycles. The third kappa shape index (κ3) is 3.97. The molecule has 2 nitrogen and oxygen atoms in total. The van der Waals surface area contributed by atoms with E-state index in [0.29, 0.717) is 12.1 Å². The second kappa shape index (κ2) is 6.41. The molecule has 0 amide bonds. The Labute approximate surface area is 88.4 Å². The van der Waals surface area contributed by atoms with Crippen molar-refractivity contribution < 1.29 is 4.74 Å². The van der Waals surface area contributed by atoms with Crippen LogP contribution in [0.5, 0.6) is 0 Å². The Balaban J connectivity index is 2.21. The van der Waals surface area contributed by atoms with Crippen molar-refractivity contribution in [1.82, 2.24) is 5.32 Å². The van der Waals surface area contributed by atoms with Gasteiger partial charge in [-0.25, -0.2) is 0 Å². The van der Waals surface area contributed by atoms with Crippen LogP contribution in [0.2, 0.25) is 0 Å². The molecule has 1 aliphatic carbocycles. The van der Waals surface area contributed by atoms with Crippen molar-refractivity contribution in [3.05, 3.63) is 0 Å². The molecule has 1 N–H and O–H groups in total.